The van der Waals surface area contributed by atoms with Crippen molar-refractivity contribution in [1.29, 1.82) is 0 Å². The maximum absolute atomic E-state index is 6.83. The monoisotopic (exact) mass is 718 g/mol. The highest BCUT2D eigenvalue weighted by molar-refractivity contribution is 7.26. The van der Waals surface area contributed by atoms with Crippen LogP contribution in [0.4, 0.5) is 0 Å². The minimum Gasteiger partial charge on any atom is -0.456 e. The van der Waals surface area contributed by atoms with Crippen LogP contribution in [0.1, 0.15) is 0 Å². The zero-order valence-electron chi connectivity index (χ0n) is 29.5. The largest absolute Gasteiger partial charge is 0.456 e. The molecule has 0 atom stereocenters. The summed E-state index contributed by atoms with van der Waals surface area (Å²) < 4.78 is 16.2. The van der Waals surface area contributed by atoms with Crippen LogP contribution in [0.25, 0.3) is 119 Å². The van der Waals surface area contributed by atoms with Gasteiger partial charge in [0.1, 0.15) is 22.5 Å². The van der Waals surface area contributed by atoms with E-state index in [2.05, 4.69) is 176 Å². The first kappa shape index (κ1) is 30.5. The van der Waals surface area contributed by atoms with Crippen LogP contribution in [0, 0.1) is 0 Å². The number of hydrogen-bond acceptors (Lipinski definition) is 3. The fourth-order valence-corrected chi connectivity index (χ4v) is 10.2. The molecule has 0 spiro atoms. The first-order chi connectivity index (χ1) is 27.3. The third-order valence-corrected chi connectivity index (χ3v) is 12.5. The summed E-state index contributed by atoms with van der Waals surface area (Å²) in [5, 5.41) is 10.7. The van der Waals surface area contributed by atoms with Gasteiger partial charge in [0.2, 0.25) is 0 Å². The van der Waals surface area contributed by atoms with Gasteiger partial charge in [0, 0.05) is 53.0 Å². The second-order valence-corrected chi connectivity index (χ2v) is 15.3. The third-order valence-electron chi connectivity index (χ3n) is 11.3. The minimum atomic E-state index is 0.837. The van der Waals surface area contributed by atoms with Crippen LogP contribution in [0.2, 0.25) is 0 Å². The number of benzene rings is 9. The smallest absolute Gasteiger partial charge is 0.143 e. The number of rotatable bonds is 4. The predicted octanol–water partition coefficient (Wildman–Crippen LogP) is 15.7. The average molecular weight is 719 g/mol. The van der Waals surface area contributed by atoms with Crippen molar-refractivity contribution in [2.24, 2.45) is 0 Å². The molecule has 55 heavy (non-hydrogen) atoms. The normalized spacial score (nSPS) is 12.0. The fraction of sp³-hybridized carbons (Fsp3) is 0. The highest BCUT2D eigenvalue weighted by Gasteiger charge is 2.24. The Hall–Kier alpha value is -6.94. The molecule has 9 aromatic carbocycles. The van der Waals surface area contributed by atoms with Crippen LogP contribution in [-0.2, 0) is 0 Å². The van der Waals surface area contributed by atoms with E-state index in [1.807, 2.05) is 17.4 Å². The Kier molecular flexibility index (Phi) is 6.54. The summed E-state index contributed by atoms with van der Waals surface area (Å²) in [5.74, 6) is 0.861. The Bertz CT molecular complexity index is 3420. The molecular formula is C52H30O2S. The summed E-state index contributed by atoms with van der Waals surface area (Å²) in [4.78, 5) is 0. The lowest BCUT2D eigenvalue weighted by molar-refractivity contribution is 0.632. The average Bonchev–Trinajstić information content (AvgIpc) is 3.94. The van der Waals surface area contributed by atoms with Crippen molar-refractivity contribution in [3.63, 3.8) is 0 Å². The second-order valence-electron chi connectivity index (χ2n) is 14.3. The van der Waals surface area contributed by atoms with Crippen LogP contribution in [-0.4, -0.2) is 0 Å². The van der Waals surface area contributed by atoms with Gasteiger partial charge >= 0.3 is 0 Å². The molecule has 0 fully saturated rings. The van der Waals surface area contributed by atoms with Gasteiger partial charge in [-0.05, 0) is 68.1 Å². The Morgan fingerprint density at radius 1 is 0.327 bits per heavy atom. The van der Waals surface area contributed by atoms with Gasteiger partial charge in [-0.15, -0.1) is 11.3 Å². The lowest BCUT2D eigenvalue weighted by Crippen LogP contribution is -1.91. The Labute approximate surface area is 320 Å². The molecule has 256 valence electrons. The zero-order valence-corrected chi connectivity index (χ0v) is 30.4. The van der Waals surface area contributed by atoms with E-state index >= 15 is 0 Å². The van der Waals surface area contributed by atoms with Crippen molar-refractivity contribution in [3.05, 3.63) is 182 Å². The summed E-state index contributed by atoms with van der Waals surface area (Å²) in [6.45, 7) is 0. The first-order valence-electron chi connectivity index (χ1n) is 18.7. The van der Waals surface area contributed by atoms with Crippen molar-refractivity contribution in [2.75, 3.05) is 0 Å². The quantitative estimate of drug-likeness (QED) is 0.169. The van der Waals surface area contributed by atoms with Crippen LogP contribution in [0.15, 0.2) is 191 Å². The summed E-state index contributed by atoms with van der Waals surface area (Å²) in [6.07, 6.45) is 0. The molecule has 12 aromatic rings. The Morgan fingerprint density at radius 3 is 1.56 bits per heavy atom. The predicted molar refractivity (Wildman–Crippen MR) is 233 cm³/mol. The van der Waals surface area contributed by atoms with Gasteiger partial charge in [-0.25, -0.2) is 0 Å². The van der Waals surface area contributed by atoms with E-state index in [-0.39, 0.29) is 0 Å². The molecule has 0 aliphatic rings. The van der Waals surface area contributed by atoms with Crippen molar-refractivity contribution in [1.82, 2.24) is 0 Å². The zero-order chi connectivity index (χ0) is 36.0. The maximum atomic E-state index is 6.83. The second kappa shape index (κ2) is 11.8. The van der Waals surface area contributed by atoms with E-state index < -0.39 is 0 Å². The van der Waals surface area contributed by atoms with Crippen molar-refractivity contribution >= 4 is 86.0 Å². The molecule has 3 aromatic heterocycles. The molecule has 0 N–H and O–H groups in total. The van der Waals surface area contributed by atoms with E-state index in [0.717, 1.165) is 60.9 Å². The lowest BCUT2D eigenvalue weighted by Gasteiger charge is -2.18. The van der Waals surface area contributed by atoms with Crippen molar-refractivity contribution in [2.45, 2.75) is 0 Å². The molecule has 0 amide bonds. The summed E-state index contributed by atoms with van der Waals surface area (Å²) in [5.41, 5.74) is 10.7. The number of fused-ring (bicyclic) bond motifs is 9. The van der Waals surface area contributed by atoms with E-state index in [0.29, 0.717) is 0 Å². The summed E-state index contributed by atoms with van der Waals surface area (Å²) >= 11 is 1.88. The topological polar surface area (TPSA) is 26.3 Å². The molecule has 3 heteroatoms. The lowest BCUT2D eigenvalue weighted by atomic mass is 9.84. The minimum absolute atomic E-state index is 0.837. The van der Waals surface area contributed by atoms with E-state index in [1.54, 1.807) is 0 Å². The third kappa shape index (κ3) is 4.48. The van der Waals surface area contributed by atoms with Gasteiger partial charge in [0.15, 0.2) is 0 Å². The van der Waals surface area contributed by atoms with E-state index in [9.17, 15) is 0 Å². The summed E-state index contributed by atoms with van der Waals surface area (Å²) in [6, 6.07) is 65.2. The molecule has 2 nitrogen and oxygen atoms in total. The molecule has 12 rings (SSSR count). The van der Waals surface area contributed by atoms with Gasteiger partial charge < -0.3 is 8.83 Å². The highest BCUT2D eigenvalue weighted by Crippen LogP contribution is 2.50. The van der Waals surface area contributed by atoms with E-state index in [4.69, 9.17) is 8.83 Å². The van der Waals surface area contributed by atoms with E-state index in [1.165, 1.54) is 58.4 Å². The van der Waals surface area contributed by atoms with Crippen molar-refractivity contribution < 1.29 is 8.83 Å². The molecule has 0 aliphatic carbocycles. The molecule has 0 bridgehead atoms. The molecule has 0 saturated heterocycles. The molecule has 0 saturated carbocycles. The number of furan rings is 2. The van der Waals surface area contributed by atoms with Gasteiger partial charge in [-0.3, -0.25) is 0 Å². The van der Waals surface area contributed by atoms with Crippen LogP contribution in [0.3, 0.4) is 0 Å². The fourth-order valence-electron chi connectivity index (χ4n) is 8.96. The van der Waals surface area contributed by atoms with Gasteiger partial charge in [0.05, 0.1) is 0 Å². The van der Waals surface area contributed by atoms with Gasteiger partial charge in [-0.2, -0.15) is 0 Å². The molecule has 0 unspecified atom stereocenters. The summed E-state index contributed by atoms with van der Waals surface area (Å²) in [7, 11) is 0. The standard InChI is InChI=1S/C52H30O2S/c1-3-15-31(16-4-1)47-41-29-44-42(30-45(41)54-51(47)32-17-5-2-6-18-32)50-39(25-14-27-43(50)53-44)48-34-20-7-9-22-36(34)49(37-23-10-8-21-35(37)48)40-26-13-24-38-33-19-11-12-28-46(33)55-52(38)40/h1-30H. The maximum Gasteiger partial charge on any atom is 0.143 e. The SMILES string of the molecule is c1ccc(-c2oc3cc4c(cc3c2-c2ccccc2)oc2cccc(-c3c5ccccc5c(-c5cccc6c5sc5ccccc56)c5ccccc35)c24)cc1. The number of thiophene rings is 1. The van der Waals surface area contributed by atoms with Gasteiger partial charge in [0.25, 0.3) is 0 Å². The van der Waals surface area contributed by atoms with Crippen LogP contribution >= 0.6 is 11.3 Å². The highest BCUT2D eigenvalue weighted by atomic mass is 32.1. The van der Waals surface area contributed by atoms with Crippen LogP contribution < -0.4 is 0 Å². The molecule has 0 aliphatic heterocycles. The Morgan fingerprint density at radius 2 is 0.855 bits per heavy atom. The number of hydrogen-bond donors (Lipinski definition) is 0. The molecule has 0 radical (unpaired) electrons. The molecular weight excluding hydrogens is 689 g/mol. The van der Waals surface area contributed by atoms with Crippen molar-refractivity contribution in [3.8, 4) is 44.7 Å². The van der Waals surface area contributed by atoms with Crippen LogP contribution in [0.5, 0.6) is 0 Å². The van der Waals surface area contributed by atoms with Gasteiger partial charge in [-0.1, -0.05) is 158 Å². The Balaban J connectivity index is 1.16. The molecule has 3 heterocycles. The first-order valence-corrected chi connectivity index (χ1v) is 19.5.